The van der Waals surface area contributed by atoms with Gasteiger partial charge in [0.1, 0.15) is 0 Å². The largest absolute Gasteiger partial charge is 0.354 e. The molecule has 154 valence electrons. The van der Waals surface area contributed by atoms with E-state index in [2.05, 4.69) is 124 Å². The maximum absolute atomic E-state index is 3.89. The first kappa shape index (κ1) is 17.9. The summed E-state index contributed by atoms with van der Waals surface area (Å²) in [6, 6.07) is 37.9. The molecule has 0 fully saturated rings. The molecule has 2 aliphatic carbocycles. The number of H-pyrrole nitrogens is 1. The third kappa shape index (κ3) is 1.96. The average molecular weight is 484 g/mol. The minimum Gasteiger partial charge on any atom is -0.354 e. The van der Waals surface area contributed by atoms with Crippen molar-refractivity contribution in [1.29, 1.82) is 0 Å². The maximum Gasteiger partial charge on any atom is 0.0726 e. The molecule has 1 spiro atoms. The van der Waals surface area contributed by atoms with E-state index in [-0.39, 0.29) is 5.41 Å². The van der Waals surface area contributed by atoms with Crippen LogP contribution in [0.1, 0.15) is 22.3 Å². The Balaban J connectivity index is 1.65. The number of benzene rings is 5. The van der Waals surface area contributed by atoms with Gasteiger partial charge < -0.3 is 4.98 Å². The summed E-state index contributed by atoms with van der Waals surface area (Å²) in [5.41, 5.74) is 12.9. The first-order valence-electron chi connectivity index (χ1n) is 11.3. The summed E-state index contributed by atoms with van der Waals surface area (Å²) in [6.45, 7) is 0. The van der Waals surface area contributed by atoms with Crippen LogP contribution in [0.25, 0.3) is 44.1 Å². The van der Waals surface area contributed by atoms with Gasteiger partial charge in [-0.25, -0.2) is 0 Å². The average Bonchev–Trinajstić information content (AvgIpc) is 3.48. The van der Waals surface area contributed by atoms with Crippen LogP contribution in [-0.4, -0.2) is 4.98 Å². The quantitative estimate of drug-likeness (QED) is 0.222. The number of aromatic amines is 1. The summed E-state index contributed by atoms with van der Waals surface area (Å²) in [4.78, 5) is 3.66. The second-order valence-electron chi connectivity index (χ2n) is 9.08. The first-order chi connectivity index (χ1) is 16.3. The van der Waals surface area contributed by atoms with Crippen molar-refractivity contribution in [2.45, 2.75) is 5.41 Å². The van der Waals surface area contributed by atoms with E-state index in [1.165, 1.54) is 66.3 Å². The van der Waals surface area contributed by atoms with Crippen LogP contribution in [0, 0.1) is 0 Å². The Morgan fingerprint density at radius 1 is 0.515 bits per heavy atom. The minimum atomic E-state index is -0.311. The number of aromatic nitrogens is 1. The topological polar surface area (TPSA) is 15.8 Å². The van der Waals surface area contributed by atoms with Crippen LogP contribution in [0.15, 0.2) is 108 Å². The zero-order chi connectivity index (χ0) is 21.7. The number of nitrogens with one attached hydrogen (secondary N) is 1. The molecule has 33 heavy (non-hydrogen) atoms. The third-order valence-corrected chi connectivity index (χ3v) is 8.35. The molecule has 1 heterocycles. The molecule has 1 aromatic heterocycles. The Hall–Kier alpha value is -3.62. The molecular weight excluding hydrogens is 466 g/mol. The molecule has 0 saturated heterocycles. The monoisotopic (exact) mass is 483 g/mol. The molecule has 0 bridgehead atoms. The molecule has 2 heteroatoms. The Kier molecular flexibility index (Phi) is 3.27. The lowest BCUT2D eigenvalue weighted by atomic mass is 9.70. The fraction of sp³-hybridized carbons (Fsp3) is 0.0323. The summed E-state index contributed by atoms with van der Waals surface area (Å²) in [5, 5.41) is 2.62. The van der Waals surface area contributed by atoms with E-state index < -0.39 is 0 Å². The van der Waals surface area contributed by atoms with Crippen molar-refractivity contribution < 1.29 is 0 Å². The molecule has 0 aliphatic heterocycles. The van der Waals surface area contributed by atoms with Crippen molar-refractivity contribution in [3.63, 3.8) is 0 Å². The van der Waals surface area contributed by atoms with E-state index in [0.717, 1.165) is 4.47 Å². The van der Waals surface area contributed by atoms with Gasteiger partial charge in [0.05, 0.1) is 5.41 Å². The lowest BCUT2D eigenvalue weighted by Gasteiger charge is -2.30. The van der Waals surface area contributed by atoms with Crippen molar-refractivity contribution >= 4 is 37.7 Å². The minimum absolute atomic E-state index is 0.311. The fourth-order valence-corrected chi connectivity index (χ4v) is 7.15. The van der Waals surface area contributed by atoms with E-state index in [9.17, 15) is 0 Å². The van der Waals surface area contributed by atoms with Crippen LogP contribution >= 0.6 is 15.9 Å². The molecule has 6 aromatic rings. The Labute approximate surface area is 199 Å². The van der Waals surface area contributed by atoms with Crippen LogP contribution < -0.4 is 0 Å². The van der Waals surface area contributed by atoms with Crippen molar-refractivity contribution in [2.75, 3.05) is 0 Å². The molecular formula is C31H18BrN. The number of halogens is 1. The molecule has 1 atom stereocenters. The van der Waals surface area contributed by atoms with Gasteiger partial charge in [-0.15, -0.1) is 0 Å². The number of fused-ring (bicyclic) bond motifs is 14. The van der Waals surface area contributed by atoms with E-state index in [0.29, 0.717) is 0 Å². The number of hydrogen-bond donors (Lipinski definition) is 1. The van der Waals surface area contributed by atoms with E-state index in [1.54, 1.807) is 0 Å². The van der Waals surface area contributed by atoms with Gasteiger partial charge in [-0.1, -0.05) is 101 Å². The number of rotatable bonds is 0. The Morgan fingerprint density at radius 3 is 1.97 bits per heavy atom. The zero-order valence-corrected chi connectivity index (χ0v) is 19.3. The summed E-state index contributed by atoms with van der Waals surface area (Å²) >= 11 is 3.89. The zero-order valence-electron chi connectivity index (χ0n) is 17.7. The Bertz CT molecular complexity index is 1790. The van der Waals surface area contributed by atoms with Crippen LogP contribution in [0.5, 0.6) is 0 Å². The highest BCUT2D eigenvalue weighted by Gasteiger charge is 2.52. The van der Waals surface area contributed by atoms with Gasteiger partial charge in [0, 0.05) is 31.8 Å². The highest BCUT2D eigenvalue weighted by Crippen LogP contribution is 2.64. The lowest BCUT2D eigenvalue weighted by Crippen LogP contribution is -2.25. The predicted molar refractivity (Wildman–Crippen MR) is 140 cm³/mol. The molecule has 0 radical (unpaired) electrons. The number of hydrogen-bond acceptors (Lipinski definition) is 0. The Morgan fingerprint density at radius 2 is 1.15 bits per heavy atom. The molecule has 8 rings (SSSR count). The van der Waals surface area contributed by atoms with E-state index in [4.69, 9.17) is 0 Å². The normalized spacial score (nSPS) is 17.4. The highest BCUT2D eigenvalue weighted by atomic mass is 79.9. The summed E-state index contributed by atoms with van der Waals surface area (Å²) < 4.78 is 1.16. The van der Waals surface area contributed by atoms with Crippen LogP contribution in [0.4, 0.5) is 0 Å². The molecule has 1 unspecified atom stereocenters. The maximum atomic E-state index is 3.89. The summed E-state index contributed by atoms with van der Waals surface area (Å²) in [7, 11) is 0. The molecule has 1 N–H and O–H groups in total. The van der Waals surface area contributed by atoms with Gasteiger partial charge in [0.15, 0.2) is 0 Å². The van der Waals surface area contributed by atoms with Gasteiger partial charge in [-0.05, 0) is 57.1 Å². The van der Waals surface area contributed by atoms with Crippen molar-refractivity contribution in [3.8, 4) is 22.3 Å². The van der Waals surface area contributed by atoms with Gasteiger partial charge in [0.25, 0.3) is 0 Å². The van der Waals surface area contributed by atoms with Gasteiger partial charge in [-0.2, -0.15) is 0 Å². The summed E-state index contributed by atoms with van der Waals surface area (Å²) in [5.74, 6) is 0. The van der Waals surface area contributed by atoms with Crippen molar-refractivity contribution in [2.24, 2.45) is 0 Å². The molecule has 5 aromatic carbocycles. The van der Waals surface area contributed by atoms with Gasteiger partial charge >= 0.3 is 0 Å². The van der Waals surface area contributed by atoms with Gasteiger partial charge in [0.2, 0.25) is 0 Å². The summed E-state index contributed by atoms with van der Waals surface area (Å²) in [6.07, 6.45) is 0. The van der Waals surface area contributed by atoms with Gasteiger partial charge in [-0.3, -0.25) is 0 Å². The van der Waals surface area contributed by atoms with Crippen LogP contribution in [0.2, 0.25) is 0 Å². The van der Waals surface area contributed by atoms with E-state index >= 15 is 0 Å². The molecule has 2 aliphatic rings. The van der Waals surface area contributed by atoms with Crippen LogP contribution in [-0.2, 0) is 5.41 Å². The third-order valence-electron chi connectivity index (χ3n) is 7.69. The number of para-hydroxylation sites is 1. The SMILES string of the molecule is Brc1cccc2c1-c1ccccc1C21c2ccccc2-c2c1ccc1[nH]c3ccccc3c21. The molecule has 0 amide bonds. The second-order valence-corrected chi connectivity index (χ2v) is 9.94. The predicted octanol–water partition coefficient (Wildman–Crippen LogP) is 8.43. The van der Waals surface area contributed by atoms with E-state index in [1.807, 2.05) is 0 Å². The van der Waals surface area contributed by atoms with Crippen molar-refractivity contribution in [1.82, 2.24) is 4.98 Å². The first-order valence-corrected chi connectivity index (χ1v) is 12.1. The smallest absolute Gasteiger partial charge is 0.0726 e. The second kappa shape index (κ2) is 6.03. The highest BCUT2D eigenvalue weighted by molar-refractivity contribution is 9.10. The van der Waals surface area contributed by atoms with Crippen molar-refractivity contribution in [3.05, 3.63) is 130 Å². The standard InChI is InChI=1S/C31H18BrN/c32-25-14-7-13-23-28(25)18-8-1-4-11-21(18)31(23)22-12-5-2-9-19(22)29-24(31)16-17-27-30(29)20-10-3-6-15-26(20)33-27/h1-17,33H. The van der Waals surface area contributed by atoms with Crippen LogP contribution in [0.3, 0.4) is 0 Å². The molecule has 1 nitrogen and oxygen atoms in total. The fourth-order valence-electron chi connectivity index (χ4n) is 6.57. The lowest BCUT2D eigenvalue weighted by molar-refractivity contribution is 0.794. The molecule has 0 saturated carbocycles.